The molecule has 0 aromatic rings. The average Bonchev–Trinajstić information content (AvgIpc) is 1.41. The maximum absolute atomic E-state index is 13.1. The molecule has 0 aromatic carbocycles. The van der Waals surface area contributed by atoms with Crippen molar-refractivity contribution in [2.24, 2.45) is 11.8 Å². The summed E-state index contributed by atoms with van der Waals surface area (Å²) < 4.78 is 68.6. The van der Waals surface area contributed by atoms with E-state index in [0.717, 1.165) is 102 Å². The number of hydrogen-bond donors (Lipinski definition) is 3. The van der Waals surface area contributed by atoms with Crippen LogP contribution in [-0.4, -0.2) is 96.7 Å². The predicted molar refractivity (Wildman–Crippen MR) is 400 cm³/mol. The summed E-state index contributed by atoms with van der Waals surface area (Å²) in [4.78, 5) is 72.9. The number of rotatable bonds is 78. The normalized spacial score (nSPS) is 13.9. The van der Waals surface area contributed by atoms with Crippen LogP contribution in [-0.2, 0) is 65.4 Å². The molecule has 98 heavy (non-hydrogen) atoms. The number of carbonyl (C=O) groups excluding carboxylic acids is 4. The number of hydrogen-bond acceptors (Lipinski definition) is 15. The monoisotopic (exact) mass is 1440 g/mol. The molecule has 0 amide bonds. The van der Waals surface area contributed by atoms with Gasteiger partial charge in [0, 0.05) is 25.7 Å². The van der Waals surface area contributed by atoms with E-state index in [1.165, 1.54) is 231 Å². The molecule has 0 rings (SSSR count). The molecular weight excluding hydrogens is 1280 g/mol. The molecule has 0 saturated carbocycles. The zero-order valence-corrected chi connectivity index (χ0v) is 65.9. The Morgan fingerprint density at radius 3 is 0.694 bits per heavy atom. The third kappa shape index (κ3) is 72.4. The molecule has 0 spiro atoms. The molecule has 0 bridgehead atoms. The first-order chi connectivity index (χ1) is 47.4. The molecule has 582 valence electrons. The molecule has 0 aliphatic carbocycles. The van der Waals surface area contributed by atoms with Gasteiger partial charge in [-0.05, 0) is 37.5 Å². The van der Waals surface area contributed by atoms with Crippen molar-refractivity contribution >= 4 is 39.5 Å². The number of ether oxygens (including phenoxy) is 4. The number of unbranched alkanes of at least 4 members (excludes halogenated alkanes) is 48. The fraction of sp³-hybridized carbons (Fsp3) is 0.949. The average molecular weight is 1440 g/mol. The van der Waals surface area contributed by atoms with Crippen molar-refractivity contribution in [1.82, 2.24) is 0 Å². The molecule has 0 aromatic heterocycles. The van der Waals surface area contributed by atoms with Crippen LogP contribution in [0.4, 0.5) is 0 Å². The van der Waals surface area contributed by atoms with Gasteiger partial charge >= 0.3 is 39.5 Å². The lowest BCUT2D eigenvalue weighted by Gasteiger charge is -2.21. The summed E-state index contributed by atoms with van der Waals surface area (Å²) in [5, 5.41) is 10.6. The third-order valence-electron chi connectivity index (χ3n) is 18.5. The largest absolute Gasteiger partial charge is 0.472 e. The smallest absolute Gasteiger partial charge is 0.462 e. The Bertz CT molecular complexity index is 1890. The minimum Gasteiger partial charge on any atom is -0.462 e. The van der Waals surface area contributed by atoms with E-state index in [1.54, 1.807) is 0 Å². The highest BCUT2D eigenvalue weighted by atomic mass is 31.2. The number of aliphatic hydroxyl groups excluding tert-OH is 1. The number of aliphatic hydroxyl groups is 1. The topological polar surface area (TPSA) is 237 Å². The van der Waals surface area contributed by atoms with Crippen LogP contribution in [0.25, 0.3) is 0 Å². The molecule has 19 heteroatoms. The van der Waals surface area contributed by atoms with Gasteiger partial charge in [0.2, 0.25) is 0 Å². The summed E-state index contributed by atoms with van der Waals surface area (Å²) in [5.74, 6) is -0.605. The van der Waals surface area contributed by atoms with Gasteiger partial charge < -0.3 is 33.8 Å². The molecule has 5 atom stereocenters. The van der Waals surface area contributed by atoms with Crippen molar-refractivity contribution in [1.29, 1.82) is 0 Å². The second-order valence-corrected chi connectivity index (χ2v) is 32.3. The van der Waals surface area contributed by atoms with Gasteiger partial charge in [0.15, 0.2) is 12.2 Å². The molecule has 0 heterocycles. The van der Waals surface area contributed by atoms with Gasteiger partial charge in [-0.25, -0.2) is 9.13 Å². The van der Waals surface area contributed by atoms with E-state index in [1.807, 2.05) is 0 Å². The van der Waals surface area contributed by atoms with E-state index < -0.39 is 97.5 Å². The highest BCUT2D eigenvalue weighted by Crippen LogP contribution is 2.45. The fourth-order valence-electron chi connectivity index (χ4n) is 12.2. The van der Waals surface area contributed by atoms with Crippen LogP contribution in [0.5, 0.6) is 0 Å². The van der Waals surface area contributed by atoms with Crippen LogP contribution in [0.2, 0.25) is 0 Å². The first kappa shape index (κ1) is 96.1. The fourth-order valence-corrected chi connectivity index (χ4v) is 13.8. The highest BCUT2D eigenvalue weighted by Gasteiger charge is 2.30. The van der Waals surface area contributed by atoms with Crippen LogP contribution >= 0.6 is 15.6 Å². The summed E-state index contributed by atoms with van der Waals surface area (Å²) in [7, 11) is -9.91. The first-order valence-corrected chi connectivity index (χ1v) is 44.0. The Morgan fingerprint density at radius 2 is 0.469 bits per heavy atom. The summed E-state index contributed by atoms with van der Waals surface area (Å²) >= 11 is 0. The second-order valence-electron chi connectivity index (χ2n) is 29.4. The SMILES string of the molecule is CCCCCCCCCCCCCCCCCCCCCCCC(=O)O[C@H](COC(=O)CCCCCCCCCCCCCC(C)C)COP(=O)(O)OC[C@@H](O)COP(=O)(O)OC[C@@H](COC(=O)CCCCCCCCCCCCC)OC(=O)CCCCCCCCCCCC(C)C. The van der Waals surface area contributed by atoms with Crippen LogP contribution in [0.1, 0.15) is 414 Å². The van der Waals surface area contributed by atoms with Gasteiger partial charge in [0.25, 0.3) is 0 Å². The lowest BCUT2D eigenvalue weighted by Crippen LogP contribution is -2.30. The minimum absolute atomic E-state index is 0.106. The highest BCUT2D eigenvalue weighted by molar-refractivity contribution is 7.47. The Balaban J connectivity index is 5.21. The third-order valence-corrected chi connectivity index (χ3v) is 20.4. The predicted octanol–water partition coefficient (Wildman–Crippen LogP) is 23.5. The molecule has 0 fully saturated rings. The van der Waals surface area contributed by atoms with Gasteiger partial charge in [0.05, 0.1) is 26.4 Å². The van der Waals surface area contributed by atoms with Gasteiger partial charge in [-0.1, -0.05) is 363 Å². The Hall–Kier alpha value is -1.94. The van der Waals surface area contributed by atoms with Crippen molar-refractivity contribution in [3.8, 4) is 0 Å². The first-order valence-electron chi connectivity index (χ1n) is 41.0. The molecular formula is C79H154O17P2. The molecule has 17 nitrogen and oxygen atoms in total. The lowest BCUT2D eigenvalue weighted by atomic mass is 10.0. The van der Waals surface area contributed by atoms with E-state index in [0.29, 0.717) is 25.7 Å². The van der Waals surface area contributed by atoms with Crippen molar-refractivity contribution in [2.75, 3.05) is 39.6 Å². The zero-order chi connectivity index (χ0) is 72.1. The van der Waals surface area contributed by atoms with E-state index in [2.05, 4.69) is 41.5 Å². The van der Waals surface area contributed by atoms with Crippen LogP contribution in [0, 0.1) is 11.8 Å². The quantitative estimate of drug-likeness (QED) is 0.0222. The number of carbonyl (C=O) groups is 4. The Labute approximate surface area is 600 Å². The zero-order valence-electron chi connectivity index (χ0n) is 64.1. The minimum atomic E-state index is -4.96. The van der Waals surface area contributed by atoms with Crippen LogP contribution in [0.15, 0.2) is 0 Å². The maximum atomic E-state index is 13.1. The van der Waals surface area contributed by atoms with Crippen molar-refractivity contribution < 1.29 is 80.2 Å². The summed E-state index contributed by atoms with van der Waals surface area (Å²) in [6.07, 6.45) is 59.7. The molecule has 3 N–H and O–H groups in total. The second kappa shape index (κ2) is 70.7. The van der Waals surface area contributed by atoms with Crippen molar-refractivity contribution in [3.63, 3.8) is 0 Å². The van der Waals surface area contributed by atoms with E-state index in [-0.39, 0.29) is 25.7 Å². The number of phosphoric ester groups is 2. The van der Waals surface area contributed by atoms with Gasteiger partial charge in [0.1, 0.15) is 19.3 Å². The Kier molecular flexibility index (Phi) is 69.3. The van der Waals surface area contributed by atoms with Gasteiger partial charge in [-0.2, -0.15) is 0 Å². The molecule has 0 radical (unpaired) electrons. The van der Waals surface area contributed by atoms with Crippen molar-refractivity contribution in [3.05, 3.63) is 0 Å². The number of esters is 4. The molecule has 0 aliphatic heterocycles. The van der Waals surface area contributed by atoms with E-state index >= 15 is 0 Å². The number of phosphoric acid groups is 2. The summed E-state index contributed by atoms with van der Waals surface area (Å²) in [5.41, 5.74) is 0. The van der Waals surface area contributed by atoms with E-state index in [9.17, 15) is 43.2 Å². The van der Waals surface area contributed by atoms with Crippen LogP contribution in [0.3, 0.4) is 0 Å². The van der Waals surface area contributed by atoms with Gasteiger partial charge in [-0.15, -0.1) is 0 Å². The standard InChI is InChI=1S/C79H154O17P2/c1-7-9-11-13-15-17-19-20-21-22-23-24-25-26-27-28-32-39-45-51-57-63-78(83)95-74(67-90-77(82)62-56-50-44-38-33-29-31-35-41-47-53-59-71(3)4)69-93-97(85,86)91-65-73(80)66-92-98(87,88)94-70-75(68-89-76(81)61-55-49-43-37-30-18-16-14-12-10-8-2)96-79(84)64-58-52-46-40-34-36-42-48-54-60-72(5)6/h71-75,80H,7-70H2,1-6H3,(H,85,86)(H,87,88)/t73-,74-,75-/m1/s1. The molecule has 0 saturated heterocycles. The Morgan fingerprint density at radius 1 is 0.276 bits per heavy atom. The van der Waals surface area contributed by atoms with Crippen LogP contribution < -0.4 is 0 Å². The maximum Gasteiger partial charge on any atom is 0.472 e. The summed E-state index contributed by atoms with van der Waals surface area (Å²) in [6, 6.07) is 0. The molecule has 0 aliphatic rings. The van der Waals surface area contributed by atoms with E-state index in [4.69, 9.17) is 37.0 Å². The lowest BCUT2D eigenvalue weighted by molar-refractivity contribution is -0.161. The van der Waals surface area contributed by atoms with Crippen molar-refractivity contribution in [2.45, 2.75) is 432 Å². The van der Waals surface area contributed by atoms with Gasteiger partial charge in [-0.3, -0.25) is 37.3 Å². The summed E-state index contributed by atoms with van der Waals surface area (Å²) in [6.45, 7) is 9.59. The molecule has 2 unspecified atom stereocenters.